The smallest absolute Gasteiger partial charge is 0.245 e. The first-order valence-corrected chi connectivity index (χ1v) is 9.49. The molecule has 29 heavy (non-hydrogen) atoms. The van der Waals surface area contributed by atoms with Crippen molar-refractivity contribution >= 4 is 39.7 Å². The average Bonchev–Trinajstić information content (AvgIpc) is 2.76. The van der Waals surface area contributed by atoms with Crippen LogP contribution in [0.2, 0.25) is 0 Å². The van der Waals surface area contributed by atoms with Gasteiger partial charge in [0.2, 0.25) is 5.91 Å². The van der Waals surface area contributed by atoms with E-state index in [-0.39, 0.29) is 11.8 Å². The molecule has 0 saturated carbocycles. The third-order valence-corrected chi connectivity index (χ3v) is 4.82. The first kappa shape index (κ1) is 20.4. The third kappa shape index (κ3) is 5.14. The quantitative estimate of drug-likeness (QED) is 0.437. The summed E-state index contributed by atoms with van der Waals surface area (Å²) in [4.78, 5) is 12.5. The Morgan fingerprint density at radius 2 is 1.48 bits per heavy atom. The Balaban J connectivity index is 1.58. The number of nitrogens with one attached hydrogen (secondary N) is 3. The number of hydrazine groups is 1. The fourth-order valence-electron chi connectivity index (χ4n) is 2.85. The predicted molar refractivity (Wildman–Crippen MR) is 119 cm³/mol. The first-order chi connectivity index (χ1) is 14.0. The van der Waals surface area contributed by atoms with Gasteiger partial charge in [-0.25, -0.2) is 0 Å². The summed E-state index contributed by atoms with van der Waals surface area (Å²) in [5, 5.41) is 5.40. The number of carbonyl (C=O) groups excluding carboxylic acids is 1. The first-order valence-electron chi connectivity index (χ1n) is 9.09. The summed E-state index contributed by atoms with van der Waals surface area (Å²) in [6.07, 6.45) is 0. The summed E-state index contributed by atoms with van der Waals surface area (Å²) in [6, 6.07) is 19.1. The van der Waals surface area contributed by atoms with Crippen LogP contribution in [0.5, 0.6) is 11.5 Å². The number of anilines is 1. The lowest BCUT2D eigenvalue weighted by Crippen LogP contribution is -2.45. The maximum Gasteiger partial charge on any atom is 0.245 e. The molecule has 0 radical (unpaired) electrons. The van der Waals surface area contributed by atoms with Gasteiger partial charge in [0.05, 0.1) is 20.1 Å². The van der Waals surface area contributed by atoms with Crippen LogP contribution < -0.4 is 25.6 Å². The highest BCUT2D eigenvalue weighted by atomic mass is 32.1. The Kier molecular flexibility index (Phi) is 6.51. The van der Waals surface area contributed by atoms with Crippen LogP contribution in [0.15, 0.2) is 60.7 Å². The average molecular weight is 410 g/mol. The van der Waals surface area contributed by atoms with E-state index in [4.69, 9.17) is 21.7 Å². The van der Waals surface area contributed by atoms with Crippen molar-refractivity contribution in [2.45, 2.75) is 12.8 Å². The lowest BCUT2D eigenvalue weighted by atomic mass is 9.97. The molecule has 1 amide bonds. The van der Waals surface area contributed by atoms with E-state index < -0.39 is 0 Å². The summed E-state index contributed by atoms with van der Waals surface area (Å²) < 4.78 is 10.4. The maximum absolute atomic E-state index is 12.5. The molecule has 3 aromatic rings. The minimum absolute atomic E-state index is 0.184. The van der Waals surface area contributed by atoms with Crippen molar-refractivity contribution in [3.05, 3.63) is 66.2 Å². The van der Waals surface area contributed by atoms with Crippen LogP contribution in [-0.2, 0) is 4.79 Å². The Labute approximate surface area is 175 Å². The molecule has 1 atom stereocenters. The second-order valence-corrected chi connectivity index (χ2v) is 6.90. The minimum atomic E-state index is -0.349. The summed E-state index contributed by atoms with van der Waals surface area (Å²) >= 11 is 5.23. The van der Waals surface area contributed by atoms with E-state index in [2.05, 4.69) is 16.2 Å². The molecule has 0 aromatic heterocycles. The van der Waals surface area contributed by atoms with E-state index in [1.54, 1.807) is 14.2 Å². The third-order valence-electron chi connectivity index (χ3n) is 4.61. The Morgan fingerprint density at radius 1 is 0.862 bits per heavy atom. The fraction of sp³-hybridized carbons (Fsp3) is 0.182. The van der Waals surface area contributed by atoms with Gasteiger partial charge in [-0.1, -0.05) is 24.3 Å². The number of methoxy groups -OCH3 is 2. The van der Waals surface area contributed by atoms with Crippen molar-refractivity contribution in [1.82, 2.24) is 10.9 Å². The summed E-state index contributed by atoms with van der Waals surface area (Å²) in [7, 11) is 3.25. The number of benzene rings is 3. The van der Waals surface area contributed by atoms with Gasteiger partial charge in [0, 0.05) is 5.69 Å². The van der Waals surface area contributed by atoms with E-state index >= 15 is 0 Å². The molecule has 7 heteroatoms. The molecule has 0 saturated heterocycles. The van der Waals surface area contributed by atoms with Gasteiger partial charge in [0.1, 0.15) is 11.5 Å². The second-order valence-electron chi connectivity index (χ2n) is 6.49. The van der Waals surface area contributed by atoms with E-state index in [9.17, 15) is 4.79 Å². The van der Waals surface area contributed by atoms with Crippen LogP contribution in [0.3, 0.4) is 0 Å². The zero-order valence-corrected chi connectivity index (χ0v) is 17.3. The number of amides is 1. The van der Waals surface area contributed by atoms with E-state index in [0.29, 0.717) is 5.11 Å². The predicted octanol–water partition coefficient (Wildman–Crippen LogP) is 3.98. The highest BCUT2D eigenvalue weighted by molar-refractivity contribution is 7.80. The molecule has 0 aliphatic rings. The molecule has 0 spiro atoms. The van der Waals surface area contributed by atoms with E-state index in [0.717, 1.165) is 33.5 Å². The van der Waals surface area contributed by atoms with Crippen molar-refractivity contribution in [1.29, 1.82) is 0 Å². The number of thiocarbonyl (C=S) groups is 1. The number of hydrogen-bond acceptors (Lipinski definition) is 4. The maximum atomic E-state index is 12.5. The largest absolute Gasteiger partial charge is 0.497 e. The molecule has 0 aliphatic carbocycles. The number of carbonyl (C=O) groups is 1. The molecule has 6 nitrogen and oxygen atoms in total. The standard InChI is InChI=1S/C22H23N3O3S/c1-14(15-4-5-17-13-20(28-3)9-6-16(17)12-15)21(26)24-25-22(29)23-18-7-10-19(27-2)11-8-18/h4-14H,1-3H3,(H,24,26)(H2,23,25,29). The molecule has 0 heterocycles. The molecule has 0 bridgehead atoms. The monoisotopic (exact) mass is 409 g/mol. The number of ether oxygens (including phenoxy) is 2. The molecule has 0 fully saturated rings. The van der Waals surface area contributed by atoms with Crippen molar-refractivity contribution in [3.8, 4) is 11.5 Å². The summed E-state index contributed by atoms with van der Waals surface area (Å²) in [5.74, 6) is 1.03. The lowest BCUT2D eigenvalue weighted by Gasteiger charge is -2.16. The van der Waals surface area contributed by atoms with Gasteiger partial charge in [-0.15, -0.1) is 0 Å². The summed E-state index contributed by atoms with van der Waals surface area (Å²) in [6.45, 7) is 1.85. The lowest BCUT2D eigenvalue weighted by molar-refractivity contribution is -0.122. The fourth-order valence-corrected chi connectivity index (χ4v) is 3.02. The van der Waals surface area contributed by atoms with Crippen LogP contribution in [0.25, 0.3) is 10.8 Å². The minimum Gasteiger partial charge on any atom is -0.497 e. The zero-order chi connectivity index (χ0) is 20.8. The van der Waals surface area contributed by atoms with Crippen LogP contribution >= 0.6 is 12.2 Å². The van der Waals surface area contributed by atoms with Crippen molar-refractivity contribution in [2.24, 2.45) is 0 Å². The molecule has 3 aromatic carbocycles. The van der Waals surface area contributed by atoms with Gasteiger partial charge >= 0.3 is 0 Å². The number of fused-ring (bicyclic) bond motifs is 1. The topological polar surface area (TPSA) is 71.6 Å². The van der Waals surface area contributed by atoms with Gasteiger partial charge in [0.25, 0.3) is 0 Å². The molecule has 1 unspecified atom stereocenters. The number of rotatable bonds is 5. The summed E-state index contributed by atoms with van der Waals surface area (Å²) in [5.41, 5.74) is 7.09. The van der Waals surface area contributed by atoms with Crippen molar-refractivity contribution < 1.29 is 14.3 Å². The van der Waals surface area contributed by atoms with E-state index in [1.165, 1.54) is 0 Å². The zero-order valence-electron chi connectivity index (χ0n) is 16.5. The van der Waals surface area contributed by atoms with Gasteiger partial charge in [-0.3, -0.25) is 15.6 Å². The van der Waals surface area contributed by atoms with E-state index in [1.807, 2.05) is 67.6 Å². The highest BCUT2D eigenvalue weighted by Crippen LogP contribution is 2.25. The van der Waals surface area contributed by atoms with Gasteiger partial charge < -0.3 is 14.8 Å². The molecular weight excluding hydrogens is 386 g/mol. The second kappa shape index (κ2) is 9.25. The van der Waals surface area contributed by atoms with Crippen LogP contribution in [0.1, 0.15) is 18.4 Å². The molecule has 150 valence electrons. The van der Waals surface area contributed by atoms with Crippen LogP contribution in [-0.4, -0.2) is 25.2 Å². The molecule has 0 aliphatic heterocycles. The molecular formula is C22H23N3O3S. The van der Waals surface area contributed by atoms with Crippen LogP contribution in [0, 0.1) is 0 Å². The Morgan fingerprint density at radius 3 is 2.17 bits per heavy atom. The normalized spacial score (nSPS) is 11.4. The van der Waals surface area contributed by atoms with Crippen LogP contribution in [0.4, 0.5) is 5.69 Å². The van der Waals surface area contributed by atoms with Gasteiger partial charge in [0.15, 0.2) is 5.11 Å². The highest BCUT2D eigenvalue weighted by Gasteiger charge is 2.16. The SMILES string of the molecule is COc1ccc(NC(=S)NNC(=O)C(C)c2ccc3cc(OC)ccc3c2)cc1. The Bertz CT molecular complexity index is 1020. The van der Waals surface area contributed by atoms with Gasteiger partial charge in [-0.2, -0.15) is 0 Å². The van der Waals surface area contributed by atoms with Gasteiger partial charge in [-0.05, 0) is 71.9 Å². The molecule has 3 N–H and O–H groups in total. The number of hydrogen-bond donors (Lipinski definition) is 3. The Hall–Kier alpha value is -3.32. The molecule has 3 rings (SSSR count). The van der Waals surface area contributed by atoms with Crippen molar-refractivity contribution in [2.75, 3.05) is 19.5 Å². The van der Waals surface area contributed by atoms with Crippen molar-refractivity contribution in [3.63, 3.8) is 0 Å².